The fraction of sp³-hybridized carbons (Fsp3) is 0.579. The molecule has 1 saturated heterocycles. The number of hydrogen-bond acceptors (Lipinski definition) is 4. The minimum atomic E-state index is -2.96. The molecule has 2 rings (SSSR count). The lowest BCUT2D eigenvalue weighted by molar-refractivity contribution is -0.191. The first-order valence-electron chi connectivity index (χ1n) is 8.48. The average molecular weight is 369 g/mol. The maximum absolute atomic E-state index is 14.6. The van der Waals surface area contributed by atoms with Gasteiger partial charge in [-0.1, -0.05) is 31.2 Å². The quantitative estimate of drug-likeness (QED) is 0.790. The van der Waals surface area contributed by atoms with Crippen molar-refractivity contribution in [1.82, 2.24) is 4.90 Å². The molecule has 144 valence electrons. The second-order valence-corrected chi connectivity index (χ2v) is 7.19. The molecule has 1 amide bonds. The zero-order chi connectivity index (χ0) is 20.0. The lowest BCUT2D eigenvalue weighted by Gasteiger charge is -2.39. The smallest absolute Gasteiger partial charge is 0.410 e. The molecular formula is C19H25F2NO4. The van der Waals surface area contributed by atoms with Crippen molar-refractivity contribution in [3.63, 3.8) is 0 Å². The lowest BCUT2D eigenvalue weighted by Crippen LogP contribution is -2.50. The van der Waals surface area contributed by atoms with Crippen molar-refractivity contribution in [3.8, 4) is 0 Å². The van der Waals surface area contributed by atoms with Crippen molar-refractivity contribution in [2.24, 2.45) is 0 Å². The number of likely N-dealkylation sites (tertiary alicyclic amines) is 1. The molecule has 1 atom stereocenters. The van der Waals surface area contributed by atoms with Gasteiger partial charge in [0.05, 0.1) is 12.5 Å². The van der Waals surface area contributed by atoms with Gasteiger partial charge in [-0.3, -0.25) is 0 Å². The summed E-state index contributed by atoms with van der Waals surface area (Å²) in [7, 11) is 0. The fourth-order valence-corrected chi connectivity index (χ4v) is 2.86. The summed E-state index contributed by atoms with van der Waals surface area (Å²) >= 11 is 0. The van der Waals surface area contributed by atoms with E-state index >= 15 is 0 Å². The van der Waals surface area contributed by atoms with E-state index in [-0.39, 0.29) is 19.1 Å². The molecule has 1 aliphatic heterocycles. The number of carbonyl (C=O) groups excluding carboxylic acids is 3. The highest BCUT2D eigenvalue weighted by atomic mass is 19.3. The van der Waals surface area contributed by atoms with Gasteiger partial charge < -0.3 is 9.64 Å². The summed E-state index contributed by atoms with van der Waals surface area (Å²) < 4.78 is 34.4. The summed E-state index contributed by atoms with van der Waals surface area (Å²) in [6, 6.07) is 7.37. The summed E-state index contributed by atoms with van der Waals surface area (Å²) in [6.07, 6.45) is 0.633. The van der Waals surface area contributed by atoms with Gasteiger partial charge >= 0.3 is 12.2 Å². The normalized spacial score (nSPS) is 19.0. The molecule has 1 aliphatic rings. The number of nitrogens with zero attached hydrogens (tertiary/aromatic N) is 1. The number of ether oxygens (including phenoxy) is 1. The Labute approximate surface area is 152 Å². The Bertz CT molecular complexity index is 649. The zero-order valence-electron chi connectivity index (χ0n) is 15.6. The van der Waals surface area contributed by atoms with E-state index in [1.165, 1.54) is 0 Å². The molecule has 26 heavy (non-hydrogen) atoms. The van der Waals surface area contributed by atoms with Gasteiger partial charge in [0.2, 0.25) is 0 Å². The highest BCUT2D eigenvalue weighted by Gasteiger charge is 2.47. The third-order valence-electron chi connectivity index (χ3n) is 4.01. The Hall–Kier alpha value is -2.27. The summed E-state index contributed by atoms with van der Waals surface area (Å²) in [5, 5.41) is 0. The van der Waals surface area contributed by atoms with Crippen molar-refractivity contribution >= 4 is 12.2 Å². The van der Waals surface area contributed by atoms with Crippen molar-refractivity contribution in [2.75, 3.05) is 13.1 Å². The van der Waals surface area contributed by atoms with Gasteiger partial charge in [0, 0.05) is 6.54 Å². The van der Waals surface area contributed by atoms with Crippen LogP contribution in [0.2, 0.25) is 0 Å². The third-order valence-corrected chi connectivity index (χ3v) is 4.01. The fourth-order valence-electron chi connectivity index (χ4n) is 2.86. The SMILES string of the molecule is CCc1cccc(C2CCN(C(=O)OC(C)(C)C)CC2(F)F)c1.O=C=O. The van der Waals surface area contributed by atoms with E-state index in [2.05, 4.69) is 0 Å². The maximum Gasteiger partial charge on any atom is 0.410 e. The molecule has 0 N–H and O–H groups in total. The van der Waals surface area contributed by atoms with Crippen LogP contribution in [0.15, 0.2) is 24.3 Å². The Morgan fingerprint density at radius 3 is 2.46 bits per heavy atom. The molecule has 1 aromatic rings. The van der Waals surface area contributed by atoms with Gasteiger partial charge in [-0.2, -0.15) is 9.59 Å². The highest BCUT2D eigenvalue weighted by molar-refractivity contribution is 5.68. The van der Waals surface area contributed by atoms with Crippen molar-refractivity contribution in [3.05, 3.63) is 35.4 Å². The molecule has 7 heteroatoms. The number of amides is 1. The van der Waals surface area contributed by atoms with Crippen molar-refractivity contribution in [1.29, 1.82) is 0 Å². The minimum Gasteiger partial charge on any atom is -0.444 e. The average Bonchev–Trinajstić information content (AvgIpc) is 2.53. The molecule has 0 bridgehead atoms. The second-order valence-electron chi connectivity index (χ2n) is 7.19. The van der Waals surface area contributed by atoms with Gasteiger partial charge in [0.25, 0.3) is 5.92 Å². The molecule has 1 heterocycles. The van der Waals surface area contributed by atoms with E-state index in [0.717, 1.165) is 16.9 Å². The van der Waals surface area contributed by atoms with Crippen LogP contribution in [0.5, 0.6) is 0 Å². The number of aryl methyl sites for hydroxylation is 1. The molecule has 0 saturated carbocycles. The van der Waals surface area contributed by atoms with Crippen LogP contribution < -0.4 is 0 Å². The van der Waals surface area contributed by atoms with Crippen LogP contribution in [0.3, 0.4) is 0 Å². The van der Waals surface area contributed by atoms with Gasteiger partial charge in [-0.25, -0.2) is 13.6 Å². The van der Waals surface area contributed by atoms with Crippen molar-refractivity contribution in [2.45, 2.75) is 58.0 Å². The number of carbonyl (C=O) groups is 1. The van der Waals surface area contributed by atoms with Crippen molar-refractivity contribution < 1.29 is 27.9 Å². The number of alkyl halides is 2. The first-order chi connectivity index (χ1) is 12.0. The number of benzene rings is 1. The molecule has 1 fully saturated rings. The van der Waals surface area contributed by atoms with E-state index in [0.29, 0.717) is 5.56 Å². The molecular weight excluding hydrogens is 344 g/mol. The minimum absolute atomic E-state index is 0.236. The van der Waals surface area contributed by atoms with E-state index < -0.39 is 30.1 Å². The number of hydrogen-bond donors (Lipinski definition) is 0. The molecule has 0 radical (unpaired) electrons. The van der Waals surface area contributed by atoms with Crippen LogP contribution in [0.4, 0.5) is 13.6 Å². The molecule has 0 spiro atoms. The van der Waals surface area contributed by atoms with E-state index in [1.807, 2.05) is 25.1 Å². The summed E-state index contributed by atoms with van der Waals surface area (Å²) in [4.78, 5) is 29.4. The monoisotopic (exact) mass is 369 g/mol. The van der Waals surface area contributed by atoms with Crippen LogP contribution in [-0.2, 0) is 20.7 Å². The Kier molecular flexibility index (Phi) is 7.45. The number of rotatable bonds is 2. The maximum atomic E-state index is 14.6. The van der Waals surface area contributed by atoms with Crippen LogP contribution in [0, 0.1) is 0 Å². The molecule has 5 nitrogen and oxygen atoms in total. The first kappa shape index (κ1) is 21.8. The Morgan fingerprint density at radius 2 is 1.96 bits per heavy atom. The molecule has 1 aromatic carbocycles. The topological polar surface area (TPSA) is 63.7 Å². The van der Waals surface area contributed by atoms with Gasteiger partial charge in [-0.15, -0.1) is 0 Å². The third kappa shape index (κ3) is 6.23. The zero-order valence-corrected chi connectivity index (χ0v) is 15.6. The largest absolute Gasteiger partial charge is 0.444 e. The number of halogens is 2. The van der Waals surface area contributed by atoms with E-state index in [9.17, 15) is 13.6 Å². The molecule has 0 aliphatic carbocycles. The molecule has 0 aromatic heterocycles. The predicted molar refractivity (Wildman–Crippen MR) is 90.9 cm³/mol. The Balaban J connectivity index is 0.00000105. The first-order valence-corrected chi connectivity index (χ1v) is 8.48. The van der Waals surface area contributed by atoms with Gasteiger partial charge in [0.15, 0.2) is 0 Å². The van der Waals surface area contributed by atoms with Crippen LogP contribution in [-0.4, -0.2) is 41.8 Å². The van der Waals surface area contributed by atoms with Gasteiger partial charge in [-0.05, 0) is 44.7 Å². The predicted octanol–water partition coefficient (Wildman–Crippen LogP) is 4.03. The van der Waals surface area contributed by atoms with Gasteiger partial charge in [0.1, 0.15) is 5.60 Å². The highest BCUT2D eigenvalue weighted by Crippen LogP contribution is 2.40. The summed E-state index contributed by atoms with van der Waals surface area (Å²) in [6.45, 7) is 6.88. The second kappa shape index (κ2) is 8.90. The van der Waals surface area contributed by atoms with Crippen LogP contribution in [0.1, 0.15) is 51.2 Å². The molecule has 1 unspecified atom stereocenters. The summed E-state index contributed by atoms with van der Waals surface area (Å²) in [5.41, 5.74) is 1.02. The lowest BCUT2D eigenvalue weighted by atomic mass is 9.85. The van der Waals surface area contributed by atoms with Crippen LogP contribution in [0.25, 0.3) is 0 Å². The van der Waals surface area contributed by atoms with Crippen LogP contribution >= 0.6 is 0 Å². The van der Waals surface area contributed by atoms with E-state index in [1.54, 1.807) is 26.8 Å². The standard InChI is InChI=1S/C18H25F2NO2.CO2/c1-5-13-7-6-8-14(11-13)15-9-10-21(12-18(15,19)20)16(22)23-17(2,3)4;2-1-3/h6-8,11,15H,5,9-10,12H2,1-4H3;. The van der Waals surface area contributed by atoms with E-state index in [4.69, 9.17) is 14.3 Å². The Morgan fingerprint density at radius 1 is 1.35 bits per heavy atom. The number of piperidine rings is 1. The summed E-state index contributed by atoms with van der Waals surface area (Å²) in [5.74, 6) is -3.81.